The number of hydrogen-bond acceptors (Lipinski definition) is 15. The zero-order valence-electron chi connectivity index (χ0n) is 55.9. The van der Waals surface area contributed by atoms with Crippen LogP contribution in [0.5, 0.6) is 0 Å². The van der Waals surface area contributed by atoms with Gasteiger partial charge in [0, 0.05) is 25.7 Å². The molecule has 5 atom stereocenters. The first-order valence-electron chi connectivity index (χ1n) is 34.7. The van der Waals surface area contributed by atoms with Crippen molar-refractivity contribution in [1.29, 1.82) is 0 Å². The van der Waals surface area contributed by atoms with Gasteiger partial charge < -0.3 is 33.8 Å². The van der Waals surface area contributed by atoms with Gasteiger partial charge in [0.15, 0.2) is 12.2 Å². The third-order valence-corrected chi connectivity index (χ3v) is 17.2. The molecule has 19 heteroatoms. The molecule has 0 fully saturated rings. The van der Waals surface area contributed by atoms with E-state index in [2.05, 4.69) is 55.4 Å². The minimum Gasteiger partial charge on any atom is -0.462 e. The minimum atomic E-state index is -4.95. The summed E-state index contributed by atoms with van der Waals surface area (Å²) in [6.45, 7) is 14.0. The molecule has 3 N–H and O–H groups in total. The highest BCUT2D eigenvalue weighted by Gasteiger charge is 2.30. The quantitative estimate of drug-likeness (QED) is 0.0222. The highest BCUT2D eigenvalue weighted by Crippen LogP contribution is 2.45. The molecule has 0 aliphatic rings. The monoisotopic (exact) mass is 1270 g/mol. The SMILES string of the molecule is CC(C)CCCCCCCCCCCCC(=O)OC[C@H](COP(=O)(O)OCC(O)COP(=O)(O)OC[C@@H](COC(=O)CCCCCCCCCCC(C)C)OC(=O)CCCCCCCCCC(C)C)OC(=O)CCCCCCCCCCCC(C)C. The van der Waals surface area contributed by atoms with Crippen LogP contribution in [0.3, 0.4) is 0 Å². The van der Waals surface area contributed by atoms with E-state index in [0.29, 0.717) is 31.6 Å². The molecule has 0 aliphatic heterocycles. The molecule has 0 aromatic heterocycles. The summed E-state index contributed by atoms with van der Waals surface area (Å²) in [6, 6.07) is 0. The summed E-state index contributed by atoms with van der Waals surface area (Å²) in [5.74, 6) is 0.781. The van der Waals surface area contributed by atoms with Crippen molar-refractivity contribution >= 4 is 39.5 Å². The molecule has 0 saturated carbocycles. The van der Waals surface area contributed by atoms with Crippen LogP contribution >= 0.6 is 15.6 Å². The topological polar surface area (TPSA) is 237 Å². The van der Waals surface area contributed by atoms with Gasteiger partial charge in [-0.25, -0.2) is 9.13 Å². The zero-order chi connectivity index (χ0) is 63.9. The Morgan fingerprint density at radius 2 is 0.488 bits per heavy atom. The fraction of sp³-hybridized carbons (Fsp3) is 0.940. The Morgan fingerprint density at radius 3 is 0.721 bits per heavy atom. The second-order valence-corrected chi connectivity index (χ2v) is 29.0. The molecule has 0 amide bonds. The lowest BCUT2D eigenvalue weighted by molar-refractivity contribution is -0.161. The lowest BCUT2D eigenvalue weighted by Crippen LogP contribution is -2.30. The molecule has 0 aromatic carbocycles. The highest BCUT2D eigenvalue weighted by atomic mass is 31.2. The molecule has 0 rings (SSSR count). The lowest BCUT2D eigenvalue weighted by atomic mass is 10.0. The summed E-state index contributed by atoms with van der Waals surface area (Å²) in [4.78, 5) is 72.4. The average Bonchev–Trinajstić information content (AvgIpc) is 3.67. The van der Waals surface area contributed by atoms with Gasteiger partial charge in [-0.05, 0) is 49.4 Å². The maximum Gasteiger partial charge on any atom is 0.472 e. The Kier molecular flexibility index (Phi) is 55.7. The van der Waals surface area contributed by atoms with E-state index in [4.69, 9.17) is 37.0 Å². The van der Waals surface area contributed by atoms with Crippen LogP contribution in [0.15, 0.2) is 0 Å². The number of phosphoric ester groups is 2. The standard InChI is InChI=1S/C67H130O17P2/c1-57(2)43-35-27-19-12-9-10-14-23-31-39-47-64(69)77-53-62(83-66(71)49-41-33-25-15-11-13-20-28-36-44-58(3)4)55-81-85(73,74)79-51-61(68)52-80-86(75,76)82-56-63(84-67(72)50-42-34-26-18-22-30-38-46-60(7)8)54-78-65(70)48-40-32-24-17-16-21-29-37-45-59(5)6/h57-63,68H,9-56H2,1-8H3,(H,73,74)(H,75,76)/t61?,62-,63-/m1/s1. The van der Waals surface area contributed by atoms with Crippen LogP contribution in [0.25, 0.3) is 0 Å². The molecular weight excluding hydrogens is 1140 g/mol. The van der Waals surface area contributed by atoms with Gasteiger partial charge >= 0.3 is 39.5 Å². The van der Waals surface area contributed by atoms with E-state index in [1.54, 1.807) is 0 Å². The van der Waals surface area contributed by atoms with Gasteiger partial charge in [-0.3, -0.25) is 37.3 Å². The van der Waals surface area contributed by atoms with Gasteiger partial charge in [-0.2, -0.15) is 0 Å². The predicted molar refractivity (Wildman–Crippen MR) is 344 cm³/mol. The average molecular weight is 1270 g/mol. The molecule has 510 valence electrons. The summed E-state index contributed by atoms with van der Waals surface area (Å²) < 4.78 is 68.1. The number of esters is 4. The molecule has 0 radical (unpaired) electrons. The number of ether oxygens (including phenoxy) is 4. The van der Waals surface area contributed by atoms with Gasteiger partial charge in [0.05, 0.1) is 26.4 Å². The van der Waals surface area contributed by atoms with E-state index in [1.807, 2.05) is 0 Å². The largest absolute Gasteiger partial charge is 0.472 e. The minimum absolute atomic E-state index is 0.102. The summed E-state index contributed by atoms with van der Waals surface area (Å²) in [5.41, 5.74) is 0. The Labute approximate surface area is 524 Å². The van der Waals surface area contributed by atoms with Crippen molar-refractivity contribution in [1.82, 2.24) is 0 Å². The van der Waals surface area contributed by atoms with Crippen LogP contribution in [-0.2, 0) is 65.4 Å². The maximum atomic E-state index is 13.0. The second-order valence-electron chi connectivity index (χ2n) is 26.1. The van der Waals surface area contributed by atoms with Crippen LogP contribution < -0.4 is 0 Å². The molecule has 86 heavy (non-hydrogen) atoms. The third-order valence-electron chi connectivity index (χ3n) is 15.3. The number of phosphoric acid groups is 2. The fourth-order valence-electron chi connectivity index (χ4n) is 9.96. The number of hydrogen-bond donors (Lipinski definition) is 3. The van der Waals surface area contributed by atoms with Gasteiger partial charge in [0.2, 0.25) is 0 Å². The number of carbonyl (C=O) groups is 4. The second kappa shape index (κ2) is 57.0. The molecule has 3 unspecified atom stereocenters. The molecule has 0 bridgehead atoms. The zero-order valence-corrected chi connectivity index (χ0v) is 57.7. The van der Waals surface area contributed by atoms with Crippen molar-refractivity contribution in [3.8, 4) is 0 Å². The smallest absolute Gasteiger partial charge is 0.462 e. The van der Waals surface area contributed by atoms with Crippen LogP contribution in [0.2, 0.25) is 0 Å². The van der Waals surface area contributed by atoms with E-state index in [9.17, 15) is 43.2 Å². The third kappa shape index (κ3) is 60.9. The van der Waals surface area contributed by atoms with E-state index in [1.165, 1.54) is 128 Å². The van der Waals surface area contributed by atoms with E-state index in [0.717, 1.165) is 108 Å². The fourth-order valence-corrected chi connectivity index (χ4v) is 11.5. The molecule has 0 saturated heterocycles. The molecule has 17 nitrogen and oxygen atoms in total. The van der Waals surface area contributed by atoms with Gasteiger partial charge in [0.25, 0.3) is 0 Å². The molecule has 0 aliphatic carbocycles. The number of unbranched alkanes of at least 4 members (excludes halogenated alkanes) is 30. The predicted octanol–water partition coefficient (Wildman–Crippen LogP) is 18.5. The summed E-state index contributed by atoms with van der Waals surface area (Å²) in [6.07, 6.45) is 37.7. The van der Waals surface area contributed by atoms with Crippen LogP contribution in [0.4, 0.5) is 0 Å². The summed E-state index contributed by atoms with van der Waals surface area (Å²) in [7, 11) is -9.90. The number of aliphatic hydroxyl groups excluding tert-OH is 1. The van der Waals surface area contributed by atoms with Crippen molar-refractivity contribution < 1.29 is 80.2 Å². The maximum absolute atomic E-state index is 13.0. The molecule has 0 heterocycles. The highest BCUT2D eigenvalue weighted by molar-refractivity contribution is 7.47. The number of carbonyl (C=O) groups excluding carboxylic acids is 4. The van der Waals surface area contributed by atoms with Gasteiger partial charge in [-0.15, -0.1) is 0 Å². The van der Waals surface area contributed by atoms with Crippen molar-refractivity contribution in [2.45, 2.75) is 343 Å². The van der Waals surface area contributed by atoms with Gasteiger partial charge in [-0.1, -0.05) is 274 Å². The number of aliphatic hydroxyl groups is 1. The van der Waals surface area contributed by atoms with E-state index in [-0.39, 0.29) is 25.7 Å². The Balaban J connectivity index is 5.25. The van der Waals surface area contributed by atoms with Crippen molar-refractivity contribution in [2.24, 2.45) is 23.7 Å². The first-order valence-corrected chi connectivity index (χ1v) is 37.7. The lowest BCUT2D eigenvalue weighted by Gasteiger charge is -2.21. The van der Waals surface area contributed by atoms with Crippen molar-refractivity contribution in [2.75, 3.05) is 39.6 Å². The van der Waals surface area contributed by atoms with E-state index < -0.39 is 97.5 Å². The molecular formula is C67H130O17P2. The number of rotatable bonds is 64. The van der Waals surface area contributed by atoms with Crippen LogP contribution in [0, 0.1) is 23.7 Å². The Morgan fingerprint density at radius 1 is 0.291 bits per heavy atom. The molecule has 0 spiro atoms. The summed E-state index contributed by atoms with van der Waals surface area (Å²) in [5, 5.41) is 10.6. The Bertz CT molecular complexity index is 1710. The van der Waals surface area contributed by atoms with Gasteiger partial charge in [0.1, 0.15) is 19.3 Å². The molecule has 0 aromatic rings. The first kappa shape index (κ1) is 84.1. The summed E-state index contributed by atoms with van der Waals surface area (Å²) >= 11 is 0. The van der Waals surface area contributed by atoms with Crippen molar-refractivity contribution in [3.05, 3.63) is 0 Å². The van der Waals surface area contributed by atoms with E-state index >= 15 is 0 Å². The Hall–Kier alpha value is -1.94. The van der Waals surface area contributed by atoms with Crippen molar-refractivity contribution in [3.63, 3.8) is 0 Å². The first-order chi connectivity index (χ1) is 41.1. The normalized spacial score (nSPS) is 14.4. The van der Waals surface area contributed by atoms with Crippen LogP contribution in [0.1, 0.15) is 325 Å². The van der Waals surface area contributed by atoms with Crippen LogP contribution in [-0.4, -0.2) is 96.7 Å².